The molecule has 0 spiro atoms. The molecule has 9 nitrogen and oxygen atoms in total. The molecule has 3 rings (SSSR count). The van der Waals surface area contributed by atoms with Crippen LogP contribution in [0.1, 0.15) is 25.5 Å². The molecule has 2 aromatic rings. The lowest BCUT2D eigenvalue weighted by molar-refractivity contribution is 0.00277. The van der Waals surface area contributed by atoms with Crippen LogP contribution < -0.4 is 5.56 Å². The molecule has 2 atom stereocenters. The summed E-state index contributed by atoms with van der Waals surface area (Å²) in [5.41, 5.74) is 0.383. The van der Waals surface area contributed by atoms with Gasteiger partial charge in [-0.3, -0.25) is 13.9 Å². The van der Waals surface area contributed by atoms with Gasteiger partial charge < -0.3 is 19.5 Å². The predicted octanol–water partition coefficient (Wildman–Crippen LogP) is 0.365. The fourth-order valence-electron chi connectivity index (χ4n) is 2.49. The van der Waals surface area contributed by atoms with Gasteiger partial charge in [0.1, 0.15) is 6.23 Å². The summed E-state index contributed by atoms with van der Waals surface area (Å²) in [5.74, 6) is 0. The van der Waals surface area contributed by atoms with Crippen LogP contribution in [0, 0.1) is 0 Å². The number of nitrogens with one attached hydrogen (secondary N) is 1. The van der Waals surface area contributed by atoms with Crippen LogP contribution in [0.2, 0.25) is 0 Å². The number of nitrogens with zero attached hydrogens (tertiary/aromatic N) is 3. The molecule has 2 aromatic heterocycles. The van der Waals surface area contributed by atoms with Gasteiger partial charge in [0.25, 0.3) is 5.56 Å². The van der Waals surface area contributed by atoms with E-state index in [1.807, 2.05) is 0 Å². The van der Waals surface area contributed by atoms with Gasteiger partial charge in [-0.1, -0.05) is 0 Å². The maximum atomic E-state index is 11.6. The van der Waals surface area contributed by atoms with Crippen LogP contribution in [0.25, 0.3) is 11.2 Å². The van der Waals surface area contributed by atoms with E-state index in [1.54, 1.807) is 4.57 Å². The zero-order chi connectivity index (χ0) is 15.0. The Kier molecular flexibility index (Phi) is 3.66. The van der Waals surface area contributed by atoms with Gasteiger partial charge in [-0.25, -0.2) is 9.97 Å². The molecule has 10 heteroatoms. The van der Waals surface area contributed by atoms with Crippen molar-refractivity contribution in [3.63, 3.8) is 0 Å². The van der Waals surface area contributed by atoms with Crippen LogP contribution in [-0.4, -0.2) is 41.6 Å². The van der Waals surface area contributed by atoms with Gasteiger partial charge in [0.05, 0.1) is 24.9 Å². The van der Waals surface area contributed by atoms with Crippen LogP contribution in [-0.2, 0) is 9.30 Å². The molecule has 0 radical (unpaired) electrons. The first kappa shape index (κ1) is 14.4. The molecule has 1 aliphatic heterocycles. The highest BCUT2D eigenvalue weighted by molar-refractivity contribution is 7.51. The minimum absolute atomic E-state index is 0.188. The summed E-state index contributed by atoms with van der Waals surface area (Å²) in [7, 11) is -4.00. The highest BCUT2D eigenvalue weighted by Gasteiger charge is 2.29. The highest BCUT2D eigenvalue weighted by atomic mass is 31.2. The van der Waals surface area contributed by atoms with Gasteiger partial charge in [0, 0.05) is 0 Å². The third-order valence-electron chi connectivity index (χ3n) is 3.50. The van der Waals surface area contributed by atoms with E-state index in [2.05, 4.69) is 15.0 Å². The normalized spacial score (nSPS) is 23.0. The number of aromatic nitrogens is 4. The first-order valence-corrected chi connectivity index (χ1v) is 8.34. The molecule has 3 N–H and O–H groups in total. The molecule has 0 aliphatic carbocycles. The van der Waals surface area contributed by atoms with Crippen LogP contribution in [0.4, 0.5) is 0 Å². The van der Waals surface area contributed by atoms with Gasteiger partial charge in [-0.05, 0) is 19.3 Å². The summed E-state index contributed by atoms with van der Waals surface area (Å²) in [6, 6.07) is 0. The summed E-state index contributed by atoms with van der Waals surface area (Å²) in [6.45, 7) is 0. The number of hydrogen-bond donors (Lipinski definition) is 3. The SMILES string of the molecule is O=c1[nH]cnc2c1ncn2[C@H]1CC[C@@H](CCP(=O)(O)O)O1. The standard InChI is InChI=1S/C11H15N4O5P/c16-11-9-10(12-5-13-11)15(6-14-9)8-2-1-7(20-8)3-4-21(17,18)19/h5-8H,1-4H2,(H,12,13,16)(H2,17,18,19)/t7-,8+/m0/s1. The third kappa shape index (κ3) is 3.06. The molecule has 0 unspecified atom stereocenters. The summed E-state index contributed by atoms with van der Waals surface area (Å²) < 4.78 is 18.3. The summed E-state index contributed by atoms with van der Waals surface area (Å²) in [5, 5.41) is 0. The molecule has 3 heterocycles. The Morgan fingerprint density at radius 2 is 2.24 bits per heavy atom. The zero-order valence-electron chi connectivity index (χ0n) is 11.0. The van der Waals surface area contributed by atoms with Gasteiger partial charge in [-0.2, -0.15) is 0 Å². The number of fused-ring (bicyclic) bond motifs is 1. The maximum absolute atomic E-state index is 11.6. The number of aromatic amines is 1. The Balaban J connectivity index is 1.75. The fraction of sp³-hybridized carbons (Fsp3) is 0.545. The summed E-state index contributed by atoms with van der Waals surface area (Å²) >= 11 is 0. The van der Waals surface area contributed by atoms with Crippen molar-refractivity contribution in [1.29, 1.82) is 0 Å². The number of rotatable bonds is 4. The Labute approximate surface area is 119 Å². The lowest BCUT2D eigenvalue weighted by Crippen LogP contribution is -2.13. The number of ether oxygens (including phenoxy) is 1. The molecule has 0 aromatic carbocycles. The molecule has 1 aliphatic rings. The van der Waals surface area contributed by atoms with E-state index in [0.29, 0.717) is 24.9 Å². The van der Waals surface area contributed by atoms with E-state index in [4.69, 9.17) is 14.5 Å². The summed E-state index contributed by atoms with van der Waals surface area (Å²) in [6.07, 6.45) is 3.80. The van der Waals surface area contributed by atoms with Crippen molar-refractivity contribution in [2.45, 2.75) is 31.6 Å². The van der Waals surface area contributed by atoms with E-state index >= 15 is 0 Å². The van der Waals surface area contributed by atoms with Crippen LogP contribution >= 0.6 is 7.60 Å². The predicted molar refractivity (Wildman–Crippen MR) is 72.8 cm³/mol. The smallest absolute Gasteiger partial charge is 0.325 e. The second kappa shape index (κ2) is 5.34. The first-order valence-electron chi connectivity index (χ1n) is 6.54. The Morgan fingerprint density at radius 3 is 3.00 bits per heavy atom. The monoisotopic (exact) mass is 314 g/mol. The minimum Gasteiger partial charge on any atom is -0.355 e. The van der Waals surface area contributed by atoms with Crippen molar-refractivity contribution in [2.75, 3.05) is 6.16 Å². The van der Waals surface area contributed by atoms with Crippen LogP contribution in [0.5, 0.6) is 0 Å². The minimum atomic E-state index is -4.00. The Bertz CT molecular complexity index is 750. The number of H-pyrrole nitrogens is 1. The lowest BCUT2D eigenvalue weighted by atomic mass is 10.2. The van der Waals surface area contributed by atoms with Crippen molar-refractivity contribution < 1.29 is 19.1 Å². The quantitative estimate of drug-likeness (QED) is 0.695. The van der Waals surface area contributed by atoms with Gasteiger partial charge in [-0.15, -0.1) is 0 Å². The van der Waals surface area contributed by atoms with E-state index in [1.165, 1.54) is 12.7 Å². The van der Waals surface area contributed by atoms with Gasteiger partial charge in [0.2, 0.25) is 0 Å². The first-order chi connectivity index (χ1) is 9.94. The lowest BCUT2D eigenvalue weighted by Gasteiger charge is -2.15. The highest BCUT2D eigenvalue weighted by Crippen LogP contribution is 2.38. The average molecular weight is 314 g/mol. The van der Waals surface area contributed by atoms with E-state index in [0.717, 1.165) is 0 Å². The maximum Gasteiger partial charge on any atom is 0.325 e. The van der Waals surface area contributed by atoms with Crippen molar-refractivity contribution in [3.8, 4) is 0 Å². The molecule has 0 amide bonds. The van der Waals surface area contributed by atoms with E-state index in [-0.39, 0.29) is 29.6 Å². The Hall–Kier alpha value is -1.54. The number of hydrogen-bond acceptors (Lipinski definition) is 5. The zero-order valence-corrected chi connectivity index (χ0v) is 11.9. The fourth-order valence-corrected chi connectivity index (χ4v) is 3.11. The van der Waals surface area contributed by atoms with E-state index in [9.17, 15) is 9.36 Å². The third-order valence-corrected chi connectivity index (χ3v) is 4.34. The molecular weight excluding hydrogens is 299 g/mol. The van der Waals surface area contributed by atoms with Gasteiger partial charge in [0.15, 0.2) is 11.2 Å². The van der Waals surface area contributed by atoms with Crippen molar-refractivity contribution in [2.24, 2.45) is 0 Å². The summed E-state index contributed by atoms with van der Waals surface area (Å²) in [4.78, 5) is 39.9. The average Bonchev–Trinajstić information content (AvgIpc) is 3.02. The van der Waals surface area contributed by atoms with Crippen molar-refractivity contribution >= 4 is 18.8 Å². The molecule has 1 fully saturated rings. The molecule has 21 heavy (non-hydrogen) atoms. The second-order valence-electron chi connectivity index (χ2n) is 5.02. The molecule has 0 saturated carbocycles. The number of imidazole rings is 1. The van der Waals surface area contributed by atoms with Crippen molar-refractivity contribution in [3.05, 3.63) is 23.0 Å². The molecule has 0 bridgehead atoms. The largest absolute Gasteiger partial charge is 0.355 e. The Morgan fingerprint density at radius 1 is 1.43 bits per heavy atom. The molecular formula is C11H15N4O5P. The molecule has 114 valence electrons. The van der Waals surface area contributed by atoms with Crippen LogP contribution in [0.3, 0.4) is 0 Å². The van der Waals surface area contributed by atoms with Crippen molar-refractivity contribution in [1.82, 2.24) is 19.5 Å². The topological polar surface area (TPSA) is 130 Å². The second-order valence-corrected chi connectivity index (χ2v) is 6.80. The van der Waals surface area contributed by atoms with Gasteiger partial charge >= 0.3 is 7.60 Å². The van der Waals surface area contributed by atoms with E-state index < -0.39 is 7.60 Å². The van der Waals surface area contributed by atoms with Crippen LogP contribution in [0.15, 0.2) is 17.4 Å². The molecule has 1 saturated heterocycles.